The lowest BCUT2D eigenvalue weighted by atomic mass is 9.89. The second kappa shape index (κ2) is 10.2. The van der Waals surface area contributed by atoms with E-state index in [9.17, 15) is 19.7 Å². The first-order valence-corrected chi connectivity index (χ1v) is 11.1. The number of nitrogens with one attached hydrogen (secondary N) is 1. The molecular formula is C25H25N5O5. The molecule has 1 saturated heterocycles. The molecule has 4 rings (SSSR count). The third-order valence-electron chi connectivity index (χ3n) is 5.81. The van der Waals surface area contributed by atoms with Crippen LogP contribution in [0.2, 0.25) is 0 Å². The van der Waals surface area contributed by atoms with Gasteiger partial charge in [-0.1, -0.05) is 24.3 Å². The van der Waals surface area contributed by atoms with Gasteiger partial charge in [-0.3, -0.25) is 30.1 Å². The van der Waals surface area contributed by atoms with E-state index in [4.69, 9.17) is 4.74 Å². The Labute approximate surface area is 202 Å². The van der Waals surface area contributed by atoms with Crippen LogP contribution in [-0.2, 0) is 9.59 Å². The standard InChI is InChI=1S/C25H25N5O5/c1-17-15-28(16-26-17)22-11-9-18(14-23(22)35-2)10-12-24(31)27-29-13-5-7-20(25(29)32)19-6-3-4-8-21(19)30(33)34/h3-4,6,8-12,14-16,20H,5,7,13H2,1-2H3,(H,27,31). The summed E-state index contributed by atoms with van der Waals surface area (Å²) in [4.78, 5) is 40.7. The van der Waals surface area contributed by atoms with Crippen molar-refractivity contribution in [3.63, 3.8) is 0 Å². The van der Waals surface area contributed by atoms with E-state index in [1.165, 1.54) is 17.2 Å². The maximum Gasteiger partial charge on any atom is 0.273 e. The summed E-state index contributed by atoms with van der Waals surface area (Å²) in [7, 11) is 1.57. The number of ether oxygens (including phenoxy) is 1. The number of nitro groups is 1. The summed E-state index contributed by atoms with van der Waals surface area (Å²) in [5.41, 5.74) is 5.29. The van der Waals surface area contributed by atoms with Gasteiger partial charge in [-0.05, 0) is 43.5 Å². The maximum absolute atomic E-state index is 13.0. The van der Waals surface area contributed by atoms with Gasteiger partial charge in [0, 0.05) is 30.4 Å². The van der Waals surface area contributed by atoms with E-state index in [2.05, 4.69) is 10.4 Å². The van der Waals surface area contributed by atoms with E-state index in [1.807, 2.05) is 29.8 Å². The number of amides is 2. The van der Waals surface area contributed by atoms with Crippen molar-refractivity contribution in [1.82, 2.24) is 20.0 Å². The normalized spacial score (nSPS) is 15.9. The lowest BCUT2D eigenvalue weighted by Crippen LogP contribution is -2.50. The minimum Gasteiger partial charge on any atom is -0.495 e. The number of para-hydroxylation sites is 1. The quantitative estimate of drug-likeness (QED) is 0.317. The average Bonchev–Trinajstić information content (AvgIpc) is 3.29. The highest BCUT2D eigenvalue weighted by molar-refractivity contribution is 5.94. The Hall–Kier alpha value is -4.47. The zero-order valence-electron chi connectivity index (χ0n) is 19.4. The summed E-state index contributed by atoms with van der Waals surface area (Å²) < 4.78 is 7.34. The predicted molar refractivity (Wildman–Crippen MR) is 129 cm³/mol. The van der Waals surface area contributed by atoms with Gasteiger partial charge >= 0.3 is 0 Å². The van der Waals surface area contributed by atoms with Gasteiger partial charge in [0.25, 0.3) is 11.6 Å². The second-order valence-electron chi connectivity index (χ2n) is 8.16. The molecule has 2 amide bonds. The Morgan fingerprint density at radius 2 is 2.09 bits per heavy atom. The number of carbonyl (C=O) groups is 2. The molecule has 1 aromatic heterocycles. The van der Waals surface area contributed by atoms with Crippen LogP contribution < -0.4 is 10.2 Å². The van der Waals surface area contributed by atoms with Crippen LogP contribution in [0, 0.1) is 17.0 Å². The lowest BCUT2D eigenvalue weighted by molar-refractivity contribution is -0.385. The number of aryl methyl sites for hydroxylation is 1. The molecule has 2 heterocycles. The Morgan fingerprint density at radius 3 is 2.80 bits per heavy atom. The number of imidazole rings is 1. The first-order valence-electron chi connectivity index (χ1n) is 11.1. The summed E-state index contributed by atoms with van der Waals surface area (Å²) in [5, 5.41) is 12.6. The van der Waals surface area contributed by atoms with Crippen molar-refractivity contribution in [2.24, 2.45) is 0 Å². The third-order valence-corrected chi connectivity index (χ3v) is 5.81. The van der Waals surface area contributed by atoms with Crippen molar-refractivity contribution in [2.75, 3.05) is 13.7 Å². The highest BCUT2D eigenvalue weighted by atomic mass is 16.6. The molecule has 10 heteroatoms. The van der Waals surface area contributed by atoms with Crippen molar-refractivity contribution in [3.8, 4) is 11.4 Å². The number of aromatic nitrogens is 2. The molecule has 1 aliphatic rings. The Kier molecular flexibility index (Phi) is 6.91. The van der Waals surface area contributed by atoms with Crippen LogP contribution in [0.5, 0.6) is 5.75 Å². The molecule has 0 aliphatic carbocycles. The summed E-state index contributed by atoms with van der Waals surface area (Å²) in [6, 6.07) is 11.7. The maximum atomic E-state index is 13.0. The summed E-state index contributed by atoms with van der Waals surface area (Å²) in [5.74, 6) is -0.912. The molecule has 180 valence electrons. The fraction of sp³-hybridized carbons (Fsp3) is 0.240. The van der Waals surface area contributed by atoms with Crippen LogP contribution >= 0.6 is 0 Å². The number of rotatable bonds is 7. The van der Waals surface area contributed by atoms with Crippen molar-refractivity contribution in [3.05, 3.63) is 88.0 Å². The molecule has 1 atom stereocenters. The number of hydrogen-bond acceptors (Lipinski definition) is 6. The Morgan fingerprint density at radius 1 is 1.29 bits per heavy atom. The average molecular weight is 476 g/mol. The summed E-state index contributed by atoms with van der Waals surface area (Å²) >= 11 is 0. The van der Waals surface area contributed by atoms with Gasteiger partial charge in [-0.2, -0.15) is 0 Å². The van der Waals surface area contributed by atoms with Crippen molar-refractivity contribution < 1.29 is 19.2 Å². The summed E-state index contributed by atoms with van der Waals surface area (Å²) in [6.07, 6.45) is 7.62. The smallest absolute Gasteiger partial charge is 0.273 e. The largest absolute Gasteiger partial charge is 0.495 e. The van der Waals surface area contributed by atoms with Gasteiger partial charge in [0.1, 0.15) is 5.75 Å². The number of hydrazine groups is 1. The van der Waals surface area contributed by atoms with Crippen LogP contribution in [-0.4, -0.2) is 45.0 Å². The van der Waals surface area contributed by atoms with E-state index in [0.717, 1.165) is 16.9 Å². The molecule has 0 saturated carbocycles. The number of hydrogen-bond donors (Lipinski definition) is 1. The van der Waals surface area contributed by atoms with Crippen molar-refractivity contribution in [2.45, 2.75) is 25.7 Å². The van der Waals surface area contributed by atoms with Gasteiger partial charge in [-0.25, -0.2) is 4.98 Å². The first kappa shape index (κ1) is 23.7. The van der Waals surface area contributed by atoms with E-state index in [1.54, 1.807) is 43.8 Å². The molecule has 0 radical (unpaired) electrons. The topological polar surface area (TPSA) is 120 Å². The van der Waals surface area contributed by atoms with Gasteiger partial charge in [0.15, 0.2) is 0 Å². The van der Waals surface area contributed by atoms with Gasteiger partial charge in [0.05, 0.1) is 35.7 Å². The number of benzene rings is 2. The Balaban J connectivity index is 1.45. The number of carbonyl (C=O) groups excluding carboxylic acids is 2. The molecule has 2 aromatic carbocycles. The van der Waals surface area contributed by atoms with Gasteiger partial charge < -0.3 is 9.30 Å². The molecule has 1 fully saturated rings. The summed E-state index contributed by atoms with van der Waals surface area (Å²) in [6.45, 7) is 2.23. The third kappa shape index (κ3) is 5.21. The predicted octanol–water partition coefficient (Wildman–Crippen LogP) is 3.55. The number of methoxy groups -OCH3 is 1. The fourth-order valence-electron chi connectivity index (χ4n) is 4.13. The van der Waals surface area contributed by atoms with Crippen LogP contribution in [0.25, 0.3) is 11.8 Å². The molecule has 1 N–H and O–H groups in total. The van der Waals surface area contributed by atoms with Gasteiger partial charge in [0.2, 0.25) is 5.91 Å². The monoisotopic (exact) mass is 475 g/mol. The zero-order chi connectivity index (χ0) is 24.9. The molecule has 3 aromatic rings. The van der Waals surface area contributed by atoms with Crippen LogP contribution in [0.3, 0.4) is 0 Å². The second-order valence-corrected chi connectivity index (χ2v) is 8.16. The molecule has 1 aliphatic heterocycles. The SMILES string of the molecule is COc1cc(C=CC(=O)NN2CCCC(c3ccccc3[N+](=O)[O-])C2=O)ccc1-n1cnc(C)c1. The van der Waals surface area contributed by atoms with E-state index < -0.39 is 16.7 Å². The minimum atomic E-state index is -0.682. The lowest BCUT2D eigenvalue weighted by Gasteiger charge is -2.31. The first-order chi connectivity index (χ1) is 16.9. The van der Waals surface area contributed by atoms with E-state index in [-0.39, 0.29) is 11.6 Å². The number of piperidine rings is 1. The minimum absolute atomic E-state index is 0.0952. The fourth-order valence-corrected chi connectivity index (χ4v) is 4.13. The van der Waals surface area contributed by atoms with Crippen molar-refractivity contribution >= 4 is 23.6 Å². The van der Waals surface area contributed by atoms with E-state index >= 15 is 0 Å². The molecule has 35 heavy (non-hydrogen) atoms. The molecule has 0 spiro atoms. The number of nitrogens with zero attached hydrogens (tertiary/aromatic N) is 4. The molecular weight excluding hydrogens is 450 g/mol. The van der Waals surface area contributed by atoms with E-state index in [0.29, 0.717) is 30.7 Å². The molecule has 0 bridgehead atoms. The van der Waals surface area contributed by atoms with Crippen LogP contribution in [0.15, 0.2) is 61.1 Å². The highest BCUT2D eigenvalue weighted by Crippen LogP contribution is 2.33. The van der Waals surface area contributed by atoms with Crippen molar-refractivity contribution in [1.29, 1.82) is 0 Å². The Bertz CT molecular complexity index is 1300. The van der Waals surface area contributed by atoms with Crippen LogP contribution in [0.4, 0.5) is 5.69 Å². The molecule has 10 nitrogen and oxygen atoms in total. The highest BCUT2D eigenvalue weighted by Gasteiger charge is 2.34. The molecule has 1 unspecified atom stereocenters. The zero-order valence-corrected chi connectivity index (χ0v) is 19.4. The number of nitro benzene ring substituents is 1. The van der Waals surface area contributed by atoms with Crippen LogP contribution in [0.1, 0.15) is 35.6 Å². The van der Waals surface area contributed by atoms with Gasteiger partial charge in [-0.15, -0.1) is 0 Å².